The van der Waals surface area contributed by atoms with Gasteiger partial charge in [0, 0.05) is 43.1 Å². The van der Waals surface area contributed by atoms with Crippen molar-refractivity contribution in [2.45, 2.75) is 31.5 Å². The second kappa shape index (κ2) is 9.17. The van der Waals surface area contributed by atoms with Crippen molar-refractivity contribution in [3.05, 3.63) is 29.4 Å². The average molecular weight is 460 g/mol. The molecule has 168 valence electrons. The summed E-state index contributed by atoms with van der Waals surface area (Å²) in [5, 5.41) is 12.1. The first-order valence-electron chi connectivity index (χ1n) is 9.56. The van der Waals surface area contributed by atoms with Gasteiger partial charge in [0.05, 0.1) is 23.3 Å². The third-order valence-electron chi connectivity index (χ3n) is 5.07. The SMILES string of the molecule is COc1ccc2ncc(Cl)c(NCC3CC(=O)N(C4CC4)C3)c2c1.O=C(O)C(F)(F)F. The van der Waals surface area contributed by atoms with Crippen molar-refractivity contribution in [3.8, 4) is 5.75 Å². The molecule has 0 radical (unpaired) electrons. The number of nitrogens with one attached hydrogen (secondary N) is 1. The number of carbonyl (C=O) groups is 2. The van der Waals surface area contributed by atoms with E-state index in [1.165, 1.54) is 0 Å². The van der Waals surface area contributed by atoms with Crippen LogP contribution in [0.1, 0.15) is 19.3 Å². The zero-order valence-electron chi connectivity index (χ0n) is 16.6. The summed E-state index contributed by atoms with van der Waals surface area (Å²) in [6.07, 6.45) is -0.485. The number of benzene rings is 1. The van der Waals surface area contributed by atoms with Gasteiger partial charge in [-0.3, -0.25) is 9.78 Å². The van der Waals surface area contributed by atoms with Crippen molar-refractivity contribution in [2.24, 2.45) is 5.92 Å². The van der Waals surface area contributed by atoms with E-state index in [2.05, 4.69) is 10.3 Å². The Morgan fingerprint density at radius 1 is 1.39 bits per heavy atom. The largest absolute Gasteiger partial charge is 0.497 e. The van der Waals surface area contributed by atoms with Crippen LogP contribution in [0.3, 0.4) is 0 Å². The molecule has 2 fully saturated rings. The molecule has 2 aromatic rings. The summed E-state index contributed by atoms with van der Waals surface area (Å²) in [5.74, 6) is -1.38. The van der Waals surface area contributed by atoms with E-state index in [4.69, 9.17) is 26.2 Å². The van der Waals surface area contributed by atoms with Crippen molar-refractivity contribution in [1.29, 1.82) is 0 Å². The first-order valence-corrected chi connectivity index (χ1v) is 9.93. The molecular formula is C20H21ClF3N3O4. The number of alkyl halides is 3. The number of hydrogen-bond donors (Lipinski definition) is 2. The Bertz CT molecular complexity index is 982. The lowest BCUT2D eigenvalue weighted by Gasteiger charge is -2.17. The van der Waals surface area contributed by atoms with Gasteiger partial charge in [-0.2, -0.15) is 13.2 Å². The zero-order valence-corrected chi connectivity index (χ0v) is 17.3. The number of likely N-dealkylation sites (tertiary alicyclic amines) is 1. The second-order valence-corrected chi connectivity index (χ2v) is 7.80. The third kappa shape index (κ3) is 5.69. The minimum absolute atomic E-state index is 0.289. The van der Waals surface area contributed by atoms with Crippen LogP contribution in [0.2, 0.25) is 5.02 Å². The number of halogens is 4. The fourth-order valence-electron chi connectivity index (χ4n) is 3.38. The summed E-state index contributed by atoms with van der Waals surface area (Å²) in [6, 6.07) is 6.24. The van der Waals surface area contributed by atoms with Gasteiger partial charge in [0.2, 0.25) is 5.91 Å². The maximum absolute atomic E-state index is 12.1. The number of nitrogens with zero attached hydrogens (tertiary/aromatic N) is 2. The molecule has 2 aliphatic rings. The Kier molecular flexibility index (Phi) is 6.78. The highest BCUT2D eigenvalue weighted by Crippen LogP contribution is 2.35. The Hall–Kier alpha value is -2.75. The number of carboxylic acids is 1. The van der Waals surface area contributed by atoms with Crippen LogP contribution in [-0.4, -0.2) is 59.3 Å². The molecule has 1 aliphatic carbocycles. The Labute approximate surface area is 181 Å². The first-order chi connectivity index (χ1) is 14.6. The predicted molar refractivity (Wildman–Crippen MR) is 108 cm³/mol. The van der Waals surface area contributed by atoms with E-state index in [0.717, 1.165) is 48.3 Å². The van der Waals surface area contributed by atoms with Crippen LogP contribution in [0.25, 0.3) is 10.9 Å². The number of amides is 1. The Balaban J connectivity index is 0.000000339. The maximum Gasteiger partial charge on any atom is 0.490 e. The molecule has 1 unspecified atom stereocenters. The van der Waals surface area contributed by atoms with Gasteiger partial charge in [-0.05, 0) is 31.0 Å². The molecule has 0 spiro atoms. The topological polar surface area (TPSA) is 91.8 Å². The van der Waals surface area contributed by atoms with Crippen molar-refractivity contribution in [2.75, 3.05) is 25.5 Å². The number of fused-ring (bicyclic) bond motifs is 1. The molecule has 31 heavy (non-hydrogen) atoms. The van der Waals surface area contributed by atoms with E-state index >= 15 is 0 Å². The van der Waals surface area contributed by atoms with Crippen LogP contribution in [0, 0.1) is 5.92 Å². The van der Waals surface area contributed by atoms with E-state index in [9.17, 15) is 18.0 Å². The normalized spacial score (nSPS) is 18.5. The fourth-order valence-corrected chi connectivity index (χ4v) is 3.60. The predicted octanol–water partition coefficient (Wildman–Crippen LogP) is 3.95. The van der Waals surface area contributed by atoms with Gasteiger partial charge < -0.3 is 20.1 Å². The average Bonchev–Trinajstić information content (AvgIpc) is 3.49. The molecule has 2 N–H and O–H groups in total. The van der Waals surface area contributed by atoms with Gasteiger partial charge in [0.15, 0.2) is 0 Å². The number of aromatic nitrogens is 1. The van der Waals surface area contributed by atoms with Crippen molar-refractivity contribution in [3.63, 3.8) is 0 Å². The van der Waals surface area contributed by atoms with E-state index in [1.807, 2.05) is 23.1 Å². The Morgan fingerprint density at radius 2 is 2.06 bits per heavy atom. The molecule has 11 heteroatoms. The first kappa shape index (κ1) is 22.9. The highest BCUT2D eigenvalue weighted by atomic mass is 35.5. The summed E-state index contributed by atoms with van der Waals surface area (Å²) < 4.78 is 37.0. The summed E-state index contributed by atoms with van der Waals surface area (Å²) in [7, 11) is 1.64. The van der Waals surface area contributed by atoms with Crippen molar-refractivity contribution >= 4 is 40.1 Å². The van der Waals surface area contributed by atoms with Crippen LogP contribution in [-0.2, 0) is 9.59 Å². The number of carbonyl (C=O) groups excluding carboxylic acids is 1. The van der Waals surface area contributed by atoms with Crippen LogP contribution < -0.4 is 10.1 Å². The molecular weight excluding hydrogens is 439 g/mol. The molecule has 1 aromatic carbocycles. The number of hydrogen-bond acceptors (Lipinski definition) is 5. The molecule has 2 heterocycles. The standard InChI is InChI=1S/C18H20ClN3O2.C2HF3O2/c1-24-13-4-5-16-14(7-13)18(15(19)9-20-16)21-8-11-6-17(23)22(10-11)12-2-3-12;3-2(4,5)1(6)7/h4-5,7,9,11-12H,2-3,6,8,10H2,1H3,(H,20,21);(H,6,7). The second-order valence-electron chi connectivity index (χ2n) is 7.40. The lowest BCUT2D eigenvalue weighted by atomic mass is 10.1. The van der Waals surface area contributed by atoms with Crippen LogP contribution in [0.15, 0.2) is 24.4 Å². The number of pyridine rings is 1. The zero-order chi connectivity index (χ0) is 22.8. The molecule has 4 rings (SSSR count). The van der Waals surface area contributed by atoms with Gasteiger partial charge in [0.25, 0.3) is 0 Å². The van der Waals surface area contributed by atoms with Crippen molar-refractivity contribution < 1.29 is 32.6 Å². The van der Waals surface area contributed by atoms with Gasteiger partial charge in [-0.25, -0.2) is 4.79 Å². The van der Waals surface area contributed by atoms with E-state index < -0.39 is 12.1 Å². The molecule has 1 aromatic heterocycles. The number of anilines is 1. The quantitative estimate of drug-likeness (QED) is 0.703. The third-order valence-corrected chi connectivity index (χ3v) is 5.35. The number of carboxylic acid groups (broad SMARTS) is 1. The van der Waals surface area contributed by atoms with Crippen LogP contribution in [0.4, 0.5) is 18.9 Å². The van der Waals surface area contributed by atoms with Gasteiger partial charge in [0.1, 0.15) is 5.75 Å². The van der Waals surface area contributed by atoms with E-state index in [-0.39, 0.29) is 5.91 Å². The molecule has 1 amide bonds. The molecule has 1 atom stereocenters. The highest BCUT2D eigenvalue weighted by Gasteiger charge is 2.39. The fraction of sp³-hybridized carbons (Fsp3) is 0.450. The summed E-state index contributed by atoms with van der Waals surface area (Å²) in [5.41, 5.74) is 1.72. The summed E-state index contributed by atoms with van der Waals surface area (Å²) >= 11 is 6.36. The van der Waals surface area contributed by atoms with Gasteiger partial charge in [-0.1, -0.05) is 11.6 Å². The number of rotatable bonds is 5. The highest BCUT2D eigenvalue weighted by molar-refractivity contribution is 6.34. The number of methoxy groups -OCH3 is 1. The molecule has 1 saturated heterocycles. The van der Waals surface area contributed by atoms with Crippen LogP contribution in [0.5, 0.6) is 5.75 Å². The molecule has 0 bridgehead atoms. The molecule has 1 aliphatic heterocycles. The number of aliphatic carboxylic acids is 1. The lowest BCUT2D eigenvalue weighted by Crippen LogP contribution is -2.28. The Morgan fingerprint density at radius 3 is 2.65 bits per heavy atom. The van der Waals surface area contributed by atoms with Crippen LogP contribution >= 0.6 is 11.6 Å². The lowest BCUT2D eigenvalue weighted by molar-refractivity contribution is -0.192. The smallest absolute Gasteiger partial charge is 0.490 e. The maximum atomic E-state index is 12.1. The van der Waals surface area contributed by atoms with Gasteiger partial charge >= 0.3 is 12.1 Å². The van der Waals surface area contributed by atoms with Gasteiger partial charge in [-0.15, -0.1) is 0 Å². The molecule has 7 nitrogen and oxygen atoms in total. The van der Waals surface area contributed by atoms with Crippen molar-refractivity contribution in [1.82, 2.24) is 9.88 Å². The minimum atomic E-state index is -5.08. The monoisotopic (exact) mass is 459 g/mol. The molecule has 1 saturated carbocycles. The summed E-state index contributed by atoms with van der Waals surface area (Å²) in [6.45, 7) is 1.57. The minimum Gasteiger partial charge on any atom is -0.497 e. The number of ether oxygens (including phenoxy) is 1. The summed E-state index contributed by atoms with van der Waals surface area (Å²) in [4.78, 5) is 27.4. The van der Waals surface area contributed by atoms with E-state index in [1.54, 1.807) is 13.3 Å². The van der Waals surface area contributed by atoms with E-state index in [0.29, 0.717) is 23.4 Å².